The highest BCUT2D eigenvalue weighted by Crippen LogP contribution is 2.41. The number of thiophene rings is 1. The van der Waals surface area contributed by atoms with Crippen molar-refractivity contribution in [3.8, 4) is 0 Å². The number of halogens is 2. The van der Waals surface area contributed by atoms with Gasteiger partial charge in [0.1, 0.15) is 0 Å². The van der Waals surface area contributed by atoms with Gasteiger partial charge in [0.2, 0.25) is 11.8 Å². The van der Waals surface area contributed by atoms with E-state index >= 15 is 0 Å². The molecule has 1 unspecified atom stereocenters. The number of carbonyl (C=O) groups is 2. The van der Waals surface area contributed by atoms with Crippen LogP contribution in [-0.2, 0) is 20.7 Å². The number of benzene rings is 1. The van der Waals surface area contributed by atoms with E-state index in [4.69, 9.17) is 27.9 Å². The quantitative estimate of drug-likeness (QED) is 0.528. The number of methoxy groups -OCH3 is 1. The van der Waals surface area contributed by atoms with Gasteiger partial charge in [-0.3, -0.25) is 9.59 Å². The van der Waals surface area contributed by atoms with Gasteiger partial charge in [0.05, 0.1) is 19.2 Å². The van der Waals surface area contributed by atoms with E-state index in [0.717, 1.165) is 17.5 Å². The molecule has 1 aliphatic heterocycles. The van der Waals surface area contributed by atoms with Gasteiger partial charge in [-0.15, -0.1) is 11.3 Å². The molecule has 31 heavy (non-hydrogen) atoms. The van der Waals surface area contributed by atoms with Crippen LogP contribution in [0.4, 0.5) is 0 Å². The Bertz CT molecular complexity index is 931. The van der Waals surface area contributed by atoms with Crippen molar-refractivity contribution in [3.05, 3.63) is 55.7 Å². The molecule has 5 nitrogen and oxygen atoms in total. The molecule has 0 aliphatic carbocycles. The summed E-state index contributed by atoms with van der Waals surface area (Å²) in [7, 11) is 1.59. The average molecular weight is 483 g/mol. The van der Waals surface area contributed by atoms with Gasteiger partial charge in [0.15, 0.2) is 0 Å². The summed E-state index contributed by atoms with van der Waals surface area (Å²) in [5.74, 6) is 0.0902. The van der Waals surface area contributed by atoms with Crippen LogP contribution in [0.1, 0.15) is 42.3 Å². The number of amides is 2. The zero-order valence-corrected chi connectivity index (χ0v) is 20.4. The van der Waals surface area contributed by atoms with Gasteiger partial charge in [-0.05, 0) is 47.0 Å². The molecule has 8 heteroatoms. The van der Waals surface area contributed by atoms with Crippen molar-refractivity contribution < 1.29 is 14.3 Å². The van der Waals surface area contributed by atoms with Crippen molar-refractivity contribution in [2.24, 2.45) is 5.92 Å². The van der Waals surface area contributed by atoms with Gasteiger partial charge in [-0.2, -0.15) is 0 Å². The van der Waals surface area contributed by atoms with Crippen LogP contribution in [0, 0.1) is 5.92 Å². The fourth-order valence-electron chi connectivity index (χ4n) is 3.87. The van der Waals surface area contributed by atoms with Crippen molar-refractivity contribution in [1.29, 1.82) is 0 Å². The summed E-state index contributed by atoms with van der Waals surface area (Å²) in [6.45, 7) is 5.36. The fourth-order valence-corrected chi connectivity index (χ4v) is 5.29. The van der Waals surface area contributed by atoms with Crippen LogP contribution in [-0.4, -0.2) is 55.0 Å². The Labute approximate surface area is 197 Å². The molecule has 1 aromatic heterocycles. The van der Waals surface area contributed by atoms with Crippen LogP contribution >= 0.6 is 34.5 Å². The van der Waals surface area contributed by atoms with Gasteiger partial charge in [0.25, 0.3) is 0 Å². The largest absolute Gasteiger partial charge is 0.383 e. The van der Waals surface area contributed by atoms with E-state index in [2.05, 4.69) is 6.07 Å². The van der Waals surface area contributed by atoms with Crippen LogP contribution in [0.3, 0.4) is 0 Å². The molecule has 1 atom stereocenters. The lowest BCUT2D eigenvalue weighted by atomic mass is 9.93. The van der Waals surface area contributed by atoms with Gasteiger partial charge in [0, 0.05) is 41.5 Å². The lowest BCUT2D eigenvalue weighted by Gasteiger charge is -2.38. The number of rotatable bonds is 8. The highest BCUT2D eigenvalue weighted by Gasteiger charge is 2.35. The summed E-state index contributed by atoms with van der Waals surface area (Å²) in [6.07, 6.45) is 1.19. The molecule has 1 aromatic carbocycles. The number of hydrogen-bond donors (Lipinski definition) is 0. The predicted octanol–water partition coefficient (Wildman–Crippen LogP) is 5.05. The summed E-state index contributed by atoms with van der Waals surface area (Å²) >= 11 is 14.4. The van der Waals surface area contributed by atoms with Gasteiger partial charge >= 0.3 is 0 Å². The third-order valence-corrected chi connectivity index (χ3v) is 6.93. The minimum atomic E-state index is -0.295. The molecule has 0 saturated carbocycles. The maximum absolute atomic E-state index is 13.5. The van der Waals surface area contributed by atoms with Crippen LogP contribution in [0.2, 0.25) is 10.0 Å². The monoisotopic (exact) mass is 482 g/mol. The molecule has 0 radical (unpaired) electrons. The molecular formula is C23H28Cl2N2O3S. The molecule has 2 amide bonds. The Morgan fingerprint density at radius 3 is 2.71 bits per heavy atom. The Hall–Kier alpha value is -1.60. The lowest BCUT2D eigenvalue weighted by molar-refractivity contribution is -0.142. The minimum Gasteiger partial charge on any atom is -0.383 e. The molecule has 0 saturated heterocycles. The van der Waals surface area contributed by atoms with Crippen LogP contribution < -0.4 is 0 Å². The zero-order chi connectivity index (χ0) is 22.5. The molecule has 0 fully saturated rings. The van der Waals surface area contributed by atoms with E-state index in [0.29, 0.717) is 36.2 Å². The summed E-state index contributed by atoms with van der Waals surface area (Å²) in [5, 5.41) is 3.13. The van der Waals surface area contributed by atoms with Crippen molar-refractivity contribution in [1.82, 2.24) is 9.80 Å². The van der Waals surface area contributed by atoms with Crippen LogP contribution in [0.5, 0.6) is 0 Å². The third-order valence-electron chi connectivity index (χ3n) is 5.37. The second kappa shape index (κ2) is 10.8. The highest BCUT2D eigenvalue weighted by molar-refractivity contribution is 7.10. The highest BCUT2D eigenvalue weighted by atomic mass is 35.5. The van der Waals surface area contributed by atoms with Gasteiger partial charge in [-0.25, -0.2) is 0 Å². The van der Waals surface area contributed by atoms with Crippen molar-refractivity contribution >= 4 is 46.4 Å². The molecule has 1 aliphatic rings. The second-order valence-electron chi connectivity index (χ2n) is 8.11. The zero-order valence-electron chi connectivity index (χ0n) is 18.1. The van der Waals surface area contributed by atoms with Crippen molar-refractivity contribution in [2.75, 3.05) is 33.4 Å². The summed E-state index contributed by atoms with van der Waals surface area (Å²) in [5.41, 5.74) is 1.93. The fraction of sp³-hybridized carbons (Fsp3) is 0.478. The van der Waals surface area contributed by atoms with Crippen molar-refractivity contribution in [2.45, 2.75) is 32.7 Å². The predicted molar refractivity (Wildman–Crippen MR) is 126 cm³/mol. The molecular weight excluding hydrogens is 455 g/mol. The van der Waals surface area contributed by atoms with Gasteiger partial charge < -0.3 is 14.5 Å². The topological polar surface area (TPSA) is 49.9 Å². The normalized spacial score (nSPS) is 15.8. The Balaban J connectivity index is 1.89. The molecule has 2 heterocycles. The van der Waals surface area contributed by atoms with Gasteiger partial charge in [-0.1, -0.05) is 43.1 Å². The number of hydrogen-bond acceptors (Lipinski definition) is 4. The lowest BCUT2D eigenvalue weighted by Crippen LogP contribution is -2.47. The van der Waals surface area contributed by atoms with E-state index in [1.807, 2.05) is 30.2 Å². The second-order valence-corrected chi connectivity index (χ2v) is 9.95. The first-order valence-corrected chi connectivity index (χ1v) is 12.0. The van der Waals surface area contributed by atoms with Crippen molar-refractivity contribution in [3.63, 3.8) is 0 Å². The smallest absolute Gasteiger partial charge is 0.242 e. The maximum atomic E-state index is 13.5. The first-order valence-electron chi connectivity index (χ1n) is 10.4. The van der Waals surface area contributed by atoms with Crippen LogP contribution in [0.25, 0.3) is 0 Å². The first kappa shape index (κ1) is 24.1. The standard InChI is InChI=1S/C23H28Cl2N2O3S/c1-15(2)12-21(28)26(9-10-30-3)14-22(29)27-8-6-20-18(7-11-31-20)23(27)17-5-4-16(24)13-19(17)25/h4-5,7,11,13,15,23H,6,8-10,12,14H2,1-3H3. The number of carbonyl (C=O) groups excluding carboxylic acids is 2. The number of fused-ring (bicyclic) bond motifs is 1. The molecule has 0 bridgehead atoms. The third kappa shape index (κ3) is 5.80. The SMILES string of the molecule is COCCN(CC(=O)N1CCc2sccc2C1c1ccc(Cl)cc1Cl)C(=O)CC(C)C. The molecule has 2 aromatic rings. The van der Waals surface area contributed by atoms with E-state index in [-0.39, 0.29) is 30.3 Å². The van der Waals surface area contributed by atoms with E-state index in [1.165, 1.54) is 4.88 Å². The average Bonchev–Trinajstić information content (AvgIpc) is 3.19. The van der Waals surface area contributed by atoms with Crippen LogP contribution in [0.15, 0.2) is 29.6 Å². The van der Waals surface area contributed by atoms with E-state index in [9.17, 15) is 9.59 Å². The number of ether oxygens (including phenoxy) is 1. The maximum Gasteiger partial charge on any atom is 0.242 e. The Morgan fingerprint density at radius 1 is 1.26 bits per heavy atom. The van der Waals surface area contributed by atoms with E-state index in [1.54, 1.807) is 35.5 Å². The molecule has 168 valence electrons. The molecule has 3 rings (SSSR count). The molecule has 0 N–H and O–H groups in total. The summed E-state index contributed by atoms with van der Waals surface area (Å²) < 4.78 is 5.16. The summed E-state index contributed by atoms with van der Waals surface area (Å²) in [4.78, 5) is 30.9. The Morgan fingerprint density at radius 2 is 2.03 bits per heavy atom. The first-order chi connectivity index (χ1) is 14.8. The Kier molecular flexibility index (Phi) is 8.39. The van der Waals surface area contributed by atoms with E-state index < -0.39 is 0 Å². The number of nitrogens with zero attached hydrogens (tertiary/aromatic N) is 2. The summed E-state index contributed by atoms with van der Waals surface area (Å²) in [6, 6.07) is 7.15. The molecule has 0 spiro atoms. The minimum absolute atomic E-state index is 0.0239.